The molecule has 0 fully saturated rings. The van der Waals surface area contributed by atoms with Crippen molar-refractivity contribution in [2.45, 2.75) is 20.3 Å². The fraction of sp³-hybridized carbons (Fsp3) is 0.190. The number of carbonyl (C=O) groups excluding carboxylic acids is 1. The predicted molar refractivity (Wildman–Crippen MR) is 95.2 cm³/mol. The lowest BCUT2D eigenvalue weighted by Crippen LogP contribution is -2.17. The van der Waals surface area contributed by atoms with Crippen LogP contribution in [0.25, 0.3) is 32.3 Å². The second-order valence-electron chi connectivity index (χ2n) is 6.15. The van der Waals surface area contributed by atoms with Crippen LogP contribution in [-0.4, -0.2) is 5.97 Å². The third-order valence-electron chi connectivity index (χ3n) is 4.71. The molecule has 4 rings (SSSR count). The van der Waals surface area contributed by atoms with Crippen LogP contribution >= 0.6 is 0 Å². The third kappa shape index (κ3) is 2.14. The van der Waals surface area contributed by atoms with E-state index in [4.69, 9.17) is 4.74 Å². The molecule has 0 aliphatic heterocycles. The summed E-state index contributed by atoms with van der Waals surface area (Å²) in [5.41, 5.74) is 0. The first-order valence-electron chi connectivity index (χ1n) is 8.07. The Bertz CT molecular complexity index is 1000. The highest BCUT2D eigenvalue weighted by molar-refractivity contribution is 6.24. The number of hydrogen-bond acceptors (Lipinski definition) is 2. The molecule has 0 spiro atoms. The molecule has 0 aliphatic rings. The Morgan fingerprint density at radius 3 is 2.22 bits per heavy atom. The number of ether oxygens (including phenoxy) is 1. The van der Waals surface area contributed by atoms with Crippen molar-refractivity contribution in [2.75, 3.05) is 0 Å². The van der Waals surface area contributed by atoms with E-state index in [-0.39, 0.29) is 11.9 Å². The molecule has 0 saturated carbocycles. The van der Waals surface area contributed by atoms with Crippen LogP contribution in [0.4, 0.5) is 0 Å². The van der Waals surface area contributed by atoms with Crippen LogP contribution in [0.3, 0.4) is 0 Å². The minimum Gasteiger partial charge on any atom is -0.426 e. The molecule has 0 aliphatic carbocycles. The first-order valence-corrected chi connectivity index (χ1v) is 8.07. The highest BCUT2D eigenvalue weighted by Crippen LogP contribution is 2.38. The number of rotatable bonds is 3. The monoisotopic (exact) mass is 302 g/mol. The van der Waals surface area contributed by atoms with E-state index in [9.17, 15) is 4.79 Å². The van der Waals surface area contributed by atoms with Gasteiger partial charge in [0.1, 0.15) is 5.75 Å². The maximum absolute atomic E-state index is 12.2. The molecule has 2 nitrogen and oxygen atoms in total. The standard InChI is InChI=1S/C21H18O2/c1-3-13(2)21(22)23-18-12-10-16-8-7-14-5-4-6-15-9-11-17(18)20(16)19(14)15/h4-13H,3H2,1-2H3. The van der Waals surface area contributed by atoms with Crippen LogP contribution in [0.15, 0.2) is 54.6 Å². The molecule has 0 radical (unpaired) electrons. The normalized spacial score (nSPS) is 13.0. The molecular weight excluding hydrogens is 284 g/mol. The first kappa shape index (κ1) is 14.0. The summed E-state index contributed by atoms with van der Waals surface area (Å²) < 4.78 is 5.69. The van der Waals surface area contributed by atoms with Gasteiger partial charge in [-0.2, -0.15) is 0 Å². The fourth-order valence-electron chi connectivity index (χ4n) is 3.17. The van der Waals surface area contributed by atoms with Gasteiger partial charge in [0.15, 0.2) is 0 Å². The first-order chi connectivity index (χ1) is 11.2. The van der Waals surface area contributed by atoms with E-state index in [2.05, 4.69) is 42.5 Å². The van der Waals surface area contributed by atoms with Gasteiger partial charge >= 0.3 is 5.97 Å². The Hall–Kier alpha value is -2.61. The molecule has 2 heteroatoms. The van der Waals surface area contributed by atoms with Gasteiger partial charge in [0.05, 0.1) is 5.92 Å². The predicted octanol–water partition coefficient (Wildman–Crippen LogP) is 5.54. The fourth-order valence-corrected chi connectivity index (χ4v) is 3.17. The van der Waals surface area contributed by atoms with E-state index in [1.807, 2.05) is 26.0 Å². The Morgan fingerprint density at radius 2 is 1.52 bits per heavy atom. The second-order valence-corrected chi connectivity index (χ2v) is 6.15. The molecule has 114 valence electrons. The van der Waals surface area contributed by atoms with Crippen molar-refractivity contribution < 1.29 is 9.53 Å². The lowest BCUT2D eigenvalue weighted by Gasteiger charge is -2.15. The lowest BCUT2D eigenvalue weighted by molar-refractivity contribution is -0.138. The van der Waals surface area contributed by atoms with Gasteiger partial charge in [-0.15, -0.1) is 0 Å². The SMILES string of the molecule is CCC(C)C(=O)Oc1ccc2ccc3cccc4ccc1c2c34. The topological polar surface area (TPSA) is 26.3 Å². The van der Waals surface area contributed by atoms with Crippen LogP contribution in [-0.2, 0) is 4.79 Å². The van der Waals surface area contributed by atoms with Crippen molar-refractivity contribution in [2.24, 2.45) is 5.92 Å². The quantitative estimate of drug-likeness (QED) is 0.282. The van der Waals surface area contributed by atoms with Gasteiger partial charge in [0, 0.05) is 10.8 Å². The van der Waals surface area contributed by atoms with E-state index in [1.54, 1.807) is 0 Å². The van der Waals surface area contributed by atoms with Crippen molar-refractivity contribution in [3.8, 4) is 5.75 Å². The van der Waals surface area contributed by atoms with Crippen LogP contribution in [0.5, 0.6) is 5.75 Å². The minimum atomic E-state index is -0.164. The molecule has 23 heavy (non-hydrogen) atoms. The Labute approximate surface area is 135 Å². The molecule has 0 heterocycles. The van der Waals surface area contributed by atoms with Crippen molar-refractivity contribution in [3.63, 3.8) is 0 Å². The summed E-state index contributed by atoms with van der Waals surface area (Å²) in [7, 11) is 0. The van der Waals surface area contributed by atoms with E-state index in [1.165, 1.54) is 26.9 Å². The maximum atomic E-state index is 12.2. The third-order valence-corrected chi connectivity index (χ3v) is 4.71. The highest BCUT2D eigenvalue weighted by atomic mass is 16.5. The zero-order chi connectivity index (χ0) is 16.0. The Morgan fingerprint density at radius 1 is 0.913 bits per heavy atom. The minimum absolute atomic E-state index is 0.0893. The van der Waals surface area contributed by atoms with Gasteiger partial charge in [-0.25, -0.2) is 0 Å². The number of carbonyl (C=O) groups is 1. The molecule has 0 amide bonds. The van der Waals surface area contributed by atoms with E-state index < -0.39 is 0 Å². The molecule has 0 aromatic heterocycles. The summed E-state index contributed by atoms with van der Waals surface area (Å²) in [5, 5.41) is 7.02. The average molecular weight is 302 g/mol. The van der Waals surface area contributed by atoms with Gasteiger partial charge in [-0.1, -0.05) is 56.3 Å². The summed E-state index contributed by atoms with van der Waals surface area (Å²) in [6.07, 6.45) is 0.782. The zero-order valence-electron chi connectivity index (χ0n) is 13.3. The summed E-state index contributed by atoms with van der Waals surface area (Å²) in [6.45, 7) is 3.90. The van der Waals surface area contributed by atoms with Crippen LogP contribution < -0.4 is 4.74 Å². The number of benzene rings is 4. The van der Waals surface area contributed by atoms with Gasteiger partial charge in [0.25, 0.3) is 0 Å². The molecular formula is C21H18O2. The molecule has 0 bridgehead atoms. The van der Waals surface area contributed by atoms with E-state index in [0.29, 0.717) is 5.75 Å². The Balaban J connectivity index is 1.98. The molecule has 4 aromatic carbocycles. The number of esters is 1. The highest BCUT2D eigenvalue weighted by Gasteiger charge is 2.16. The van der Waals surface area contributed by atoms with Crippen LogP contribution in [0.1, 0.15) is 20.3 Å². The second kappa shape index (κ2) is 5.24. The van der Waals surface area contributed by atoms with Gasteiger partial charge in [0.2, 0.25) is 0 Å². The summed E-state index contributed by atoms with van der Waals surface area (Å²) >= 11 is 0. The van der Waals surface area contributed by atoms with Crippen LogP contribution in [0, 0.1) is 5.92 Å². The smallest absolute Gasteiger partial charge is 0.314 e. The van der Waals surface area contributed by atoms with Gasteiger partial charge in [-0.3, -0.25) is 4.79 Å². The summed E-state index contributed by atoms with van der Waals surface area (Å²) in [6, 6.07) is 18.7. The molecule has 0 N–H and O–H groups in total. The summed E-state index contributed by atoms with van der Waals surface area (Å²) in [5.74, 6) is 0.400. The summed E-state index contributed by atoms with van der Waals surface area (Å²) in [4.78, 5) is 12.2. The lowest BCUT2D eigenvalue weighted by atomic mass is 9.94. The van der Waals surface area contributed by atoms with Gasteiger partial charge < -0.3 is 4.74 Å². The molecule has 0 saturated heterocycles. The molecule has 1 unspecified atom stereocenters. The van der Waals surface area contributed by atoms with Crippen LogP contribution in [0.2, 0.25) is 0 Å². The molecule has 4 aromatic rings. The largest absolute Gasteiger partial charge is 0.426 e. The average Bonchev–Trinajstić information content (AvgIpc) is 2.60. The molecule has 1 atom stereocenters. The van der Waals surface area contributed by atoms with E-state index in [0.717, 1.165) is 11.8 Å². The van der Waals surface area contributed by atoms with Crippen molar-refractivity contribution in [1.29, 1.82) is 0 Å². The van der Waals surface area contributed by atoms with E-state index >= 15 is 0 Å². The maximum Gasteiger partial charge on any atom is 0.314 e. The van der Waals surface area contributed by atoms with Crippen molar-refractivity contribution >= 4 is 38.3 Å². The Kier molecular flexibility index (Phi) is 3.19. The van der Waals surface area contributed by atoms with Crippen molar-refractivity contribution in [3.05, 3.63) is 54.6 Å². The van der Waals surface area contributed by atoms with Gasteiger partial charge in [-0.05, 0) is 40.1 Å². The van der Waals surface area contributed by atoms with Crippen molar-refractivity contribution in [1.82, 2.24) is 0 Å². The number of hydrogen-bond donors (Lipinski definition) is 0. The zero-order valence-corrected chi connectivity index (χ0v) is 13.3.